The van der Waals surface area contributed by atoms with Gasteiger partial charge in [-0.3, -0.25) is 20.2 Å². The number of rotatable bonds is 5. The molecule has 0 heterocycles. The van der Waals surface area contributed by atoms with Crippen LogP contribution in [0.2, 0.25) is 10.0 Å². The molecular weight excluding hydrogens is 401 g/mol. The molecule has 1 unspecified atom stereocenters. The molecule has 0 aromatic heterocycles. The third-order valence-electron chi connectivity index (χ3n) is 3.14. The molecule has 1 amide bonds. The first-order valence-corrected chi connectivity index (χ1v) is 8.40. The van der Waals surface area contributed by atoms with Gasteiger partial charge < -0.3 is 10.1 Å². The van der Waals surface area contributed by atoms with Crippen LogP contribution in [0.5, 0.6) is 5.75 Å². The topological polar surface area (TPSA) is 93.5 Å². The molecule has 0 aliphatic rings. The molecule has 0 radical (unpaired) electrons. The van der Waals surface area contributed by atoms with Gasteiger partial charge in [-0.1, -0.05) is 23.2 Å². The van der Waals surface area contributed by atoms with Gasteiger partial charge in [0.05, 0.1) is 9.95 Å². The van der Waals surface area contributed by atoms with Gasteiger partial charge in [0.25, 0.3) is 11.6 Å². The van der Waals surface area contributed by atoms with Gasteiger partial charge in [0, 0.05) is 22.8 Å². The van der Waals surface area contributed by atoms with Gasteiger partial charge in [-0.05, 0) is 49.5 Å². The summed E-state index contributed by atoms with van der Waals surface area (Å²) in [7, 11) is 0. The molecular formula is C16H13Cl2N3O4S. The molecule has 1 atom stereocenters. The van der Waals surface area contributed by atoms with Gasteiger partial charge >= 0.3 is 0 Å². The quantitative estimate of drug-likeness (QED) is 0.433. The van der Waals surface area contributed by atoms with Gasteiger partial charge in [-0.25, -0.2) is 0 Å². The average molecular weight is 414 g/mol. The normalized spacial score (nSPS) is 11.3. The second-order valence-electron chi connectivity index (χ2n) is 5.08. The van der Waals surface area contributed by atoms with Crippen molar-refractivity contribution in [2.45, 2.75) is 13.0 Å². The summed E-state index contributed by atoms with van der Waals surface area (Å²) in [6, 6.07) is 10.2. The van der Waals surface area contributed by atoms with Crippen LogP contribution in [0.3, 0.4) is 0 Å². The SMILES string of the molecule is CC(Oc1ccc(Cl)cc1Cl)C(=O)NC(=S)Nc1ccc([N+](=O)[O-])cc1. The molecule has 2 rings (SSSR count). The maximum Gasteiger partial charge on any atom is 0.269 e. The Morgan fingerprint density at radius 2 is 1.88 bits per heavy atom. The van der Waals surface area contributed by atoms with Crippen LogP contribution < -0.4 is 15.4 Å². The average Bonchev–Trinajstić information content (AvgIpc) is 2.57. The van der Waals surface area contributed by atoms with Gasteiger partial charge in [-0.15, -0.1) is 0 Å². The van der Waals surface area contributed by atoms with Crippen molar-refractivity contribution in [1.82, 2.24) is 5.32 Å². The van der Waals surface area contributed by atoms with Gasteiger partial charge in [0.15, 0.2) is 11.2 Å². The van der Waals surface area contributed by atoms with Crippen LogP contribution in [-0.2, 0) is 4.79 Å². The van der Waals surface area contributed by atoms with Crippen LogP contribution in [0.4, 0.5) is 11.4 Å². The number of anilines is 1. The Morgan fingerprint density at radius 3 is 2.46 bits per heavy atom. The number of amides is 1. The van der Waals surface area contributed by atoms with E-state index < -0.39 is 16.9 Å². The number of nitrogens with zero attached hydrogens (tertiary/aromatic N) is 1. The van der Waals surface area contributed by atoms with Gasteiger partial charge in [0.1, 0.15) is 5.75 Å². The summed E-state index contributed by atoms with van der Waals surface area (Å²) in [6.45, 7) is 1.54. The standard InChI is InChI=1S/C16H13Cl2N3O4S/c1-9(25-14-7-2-10(17)8-13(14)18)15(22)20-16(26)19-11-3-5-12(6-4-11)21(23)24/h2-9H,1H3,(H2,19,20,22,26). The Bertz CT molecular complexity index is 846. The number of carbonyl (C=O) groups excluding carboxylic acids is 1. The molecule has 0 saturated heterocycles. The second-order valence-corrected chi connectivity index (χ2v) is 6.33. The zero-order valence-corrected chi connectivity index (χ0v) is 15.7. The minimum absolute atomic E-state index is 0.0292. The van der Waals surface area contributed by atoms with E-state index in [4.69, 9.17) is 40.2 Å². The fourth-order valence-corrected chi connectivity index (χ4v) is 2.53. The lowest BCUT2D eigenvalue weighted by molar-refractivity contribution is -0.384. The summed E-state index contributed by atoms with van der Waals surface area (Å²) < 4.78 is 5.49. The molecule has 10 heteroatoms. The molecule has 136 valence electrons. The zero-order chi connectivity index (χ0) is 19.3. The molecule has 2 aromatic carbocycles. The molecule has 2 N–H and O–H groups in total. The Labute approximate surface area is 164 Å². The third kappa shape index (κ3) is 5.55. The third-order valence-corrected chi connectivity index (χ3v) is 3.87. The van der Waals surface area contributed by atoms with Crippen LogP contribution in [0.25, 0.3) is 0 Å². The lowest BCUT2D eigenvalue weighted by Crippen LogP contribution is -2.42. The summed E-state index contributed by atoms with van der Waals surface area (Å²) in [6.07, 6.45) is -0.870. The number of non-ortho nitro benzene ring substituents is 1. The van der Waals surface area contributed by atoms with Crippen molar-refractivity contribution in [3.63, 3.8) is 0 Å². The van der Waals surface area contributed by atoms with Crippen molar-refractivity contribution < 1.29 is 14.5 Å². The lowest BCUT2D eigenvalue weighted by Gasteiger charge is -2.16. The Balaban J connectivity index is 1.91. The van der Waals surface area contributed by atoms with Crippen LogP contribution in [0.15, 0.2) is 42.5 Å². The summed E-state index contributed by atoms with van der Waals surface area (Å²) in [5.74, 6) is -0.177. The second kappa shape index (κ2) is 8.79. The number of nitro benzene ring substituents is 1. The van der Waals surface area contributed by atoms with Crippen molar-refractivity contribution in [3.05, 3.63) is 62.6 Å². The number of nitrogens with one attached hydrogen (secondary N) is 2. The zero-order valence-electron chi connectivity index (χ0n) is 13.4. The molecule has 7 nitrogen and oxygen atoms in total. The van der Waals surface area contributed by atoms with Crippen LogP contribution in [0, 0.1) is 10.1 Å². The van der Waals surface area contributed by atoms with E-state index in [0.717, 1.165) is 0 Å². The van der Waals surface area contributed by atoms with E-state index in [1.165, 1.54) is 37.3 Å². The molecule has 0 bridgehead atoms. The smallest absolute Gasteiger partial charge is 0.269 e. The molecule has 0 saturated carbocycles. The molecule has 0 fully saturated rings. The van der Waals surface area contributed by atoms with E-state index in [2.05, 4.69) is 10.6 Å². The van der Waals surface area contributed by atoms with Gasteiger partial charge in [0.2, 0.25) is 0 Å². The van der Waals surface area contributed by atoms with Crippen molar-refractivity contribution >= 4 is 57.8 Å². The molecule has 2 aromatic rings. The van der Waals surface area contributed by atoms with E-state index in [-0.39, 0.29) is 15.8 Å². The maximum absolute atomic E-state index is 12.1. The Hall–Kier alpha value is -2.42. The number of ether oxygens (including phenoxy) is 1. The van der Waals surface area contributed by atoms with E-state index in [0.29, 0.717) is 16.5 Å². The first-order valence-electron chi connectivity index (χ1n) is 7.24. The van der Waals surface area contributed by atoms with Crippen molar-refractivity contribution in [2.24, 2.45) is 0 Å². The largest absolute Gasteiger partial charge is 0.479 e. The fourth-order valence-electron chi connectivity index (χ4n) is 1.86. The highest BCUT2D eigenvalue weighted by Gasteiger charge is 2.17. The number of carbonyl (C=O) groups is 1. The van der Waals surface area contributed by atoms with E-state index >= 15 is 0 Å². The monoisotopic (exact) mass is 413 g/mol. The summed E-state index contributed by atoms with van der Waals surface area (Å²) >= 11 is 16.9. The van der Waals surface area contributed by atoms with E-state index in [9.17, 15) is 14.9 Å². The highest BCUT2D eigenvalue weighted by Crippen LogP contribution is 2.28. The van der Waals surface area contributed by atoms with Gasteiger partial charge in [-0.2, -0.15) is 0 Å². The first-order chi connectivity index (χ1) is 12.3. The lowest BCUT2D eigenvalue weighted by atomic mass is 10.3. The Morgan fingerprint density at radius 1 is 1.23 bits per heavy atom. The predicted octanol–water partition coefficient (Wildman–Crippen LogP) is 4.18. The van der Waals surface area contributed by atoms with Crippen molar-refractivity contribution in [2.75, 3.05) is 5.32 Å². The summed E-state index contributed by atoms with van der Waals surface area (Å²) in [4.78, 5) is 22.3. The van der Waals surface area contributed by atoms with Crippen LogP contribution >= 0.6 is 35.4 Å². The first kappa shape index (κ1) is 19.9. The minimum atomic E-state index is -0.870. The summed E-state index contributed by atoms with van der Waals surface area (Å²) in [5, 5.41) is 16.6. The summed E-state index contributed by atoms with van der Waals surface area (Å²) in [5.41, 5.74) is 0.447. The number of hydrogen-bond donors (Lipinski definition) is 2. The van der Waals surface area contributed by atoms with Crippen LogP contribution in [0.1, 0.15) is 6.92 Å². The fraction of sp³-hybridized carbons (Fsp3) is 0.125. The number of halogens is 2. The maximum atomic E-state index is 12.1. The molecule has 0 spiro atoms. The minimum Gasteiger partial charge on any atom is -0.479 e. The molecule has 26 heavy (non-hydrogen) atoms. The number of benzene rings is 2. The molecule has 0 aliphatic heterocycles. The predicted molar refractivity (Wildman–Crippen MR) is 104 cm³/mol. The highest BCUT2D eigenvalue weighted by atomic mass is 35.5. The number of thiocarbonyl (C=S) groups is 1. The number of nitro groups is 1. The van der Waals surface area contributed by atoms with E-state index in [1.807, 2.05) is 0 Å². The Kier molecular flexibility index (Phi) is 6.73. The van der Waals surface area contributed by atoms with Crippen LogP contribution in [-0.4, -0.2) is 22.0 Å². The highest BCUT2D eigenvalue weighted by molar-refractivity contribution is 7.80. The number of hydrogen-bond acceptors (Lipinski definition) is 5. The molecule has 0 aliphatic carbocycles. The van der Waals surface area contributed by atoms with Crippen molar-refractivity contribution in [1.29, 1.82) is 0 Å². The van der Waals surface area contributed by atoms with Crippen molar-refractivity contribution in [3.8, 4) is 5.75 Å². The van der Waals surface area contributed by atoms with E-state index in [1.54, 1.807) is 12.1 Å².